The summed E-state index contributed by atoms with van der Waals surface area (Å²) < 4.78 is 11.1. The van der Waals surface area contributed by atoms with Gasteiger partial charge in [0.1, 0.15) is 11.3 Å². The molecule has 4 nitrogen and oxygen atoms in total. The van der Waals surface area contributed by atoms with Crippen LogP contribution in [0.3, 0.4) is 0 Å². The van der Waals surface area contributed by atoms with Gasteiger partial charge < -0.3 is 14.5 Å². The molecule has 1 atom stereocenters. The van der Waals surface area contributed by atoms with Gasteiger partial charge in [0.15, 0.2) is 0 Å². The normalized spacial score (nSPS) is 17.5. The Bertz CT molecular complexity index is 630. The number of carbonyl (C=O) groups excluding carboxylic acids is 1. The molecule has 4 heteroatoms. The van der Waals surface area contributed by atoms with Gasteiger partial charge in [-0.2, -0.15) is 0 Å². The molecule has 1 aliphatic rings. The summed E-state index contributed by atoms with van der Waals surface area (Å²) in [5.74, 6) is 1.17. The second-order valence-electron chi connectivity index (χ2n) is 4.99. The van der Waals surface area contributed by atoms with Crippen molar-refractivity contribution < 1.29 is 13.9 Å². The van der Waals surface area contributed by atoms with Crippen molar-refractivity contribution in [1.82, 2.24) is 5.32 Å². The highest BCUT2D eigenvalue weighted by molar-refractivity contribution is 5.88. The zero-order valence-electron chi connectivity index (χ0n) is 11.2. The lowest BCUT2D eigenvalue weighted by atomic mass is 9.83. The molecule has 1 N–H and O–H groups in total. The van der Waals surface area contributed by atoms with Crippen LogP contribution >= 0.6 is 0 Å². The maximum absolute atomic E-state index is 11.1. The van der Waals surface area contributed by atoms with Gasteiger partial charge in [0.2, 0.25) is 5.91 Å². The molecule has 1 aromatic heterocycles. The fourth-order valence-corrected chi connectivity index (χ4v) is 2.92. The van der Waals surface area contributed by atoms with Crippen LogP contribution in [-0.4, -0.2) is 19.6 Å². The van der Waals surface area contributed by atoms with Crippen LogP contribution in [0.15, 0.2) is 22.8 Å². The van der Waals surface area contributed by atoms with Crippen LogP contribution in [0.2, 0.25) is 0 Å². The van der Waals surface area contributed by atoms with Crippen LogP contribution in [0.1, 0.15) is 30.4 Å². The SMILES string of the molecule is COc1ccc2occ3c2c1C(CNC(C)=O)CC3. The Morgan fingerprint density at radius 2 is 2.37 bits per heavy atom. The third kappa shape index (κ3) is 1.97. The summed E-state index contributed by atoms with van der Waals surface area (Å²) in [6.07, 6.45) is 3.82. The standard InChI is InChI=1S/C15H17NO3/c1-9(17)16-7-10-3-4-11-8-19-13-6-5-12(18-2)14(10)15(11)13/h5-6,8,10H,3-4,7H2,1-2H3,(H,16,17). The van der Waals surface area contributed by atoms with Gasteiger partial charge in [-0.3, -0.25) is 4.79 Å². The number of amides is 1. The van der Waals surface area contributed by atoms with E-state index in [1.165, 1.54) is 16.5 Å². The molecule has 0 saturated carbocycles. The molecule has 0 spiro atoms. The van der Waals surface area contributed by atoms with Gasteiger partial charge in [0, 0.05) is 30.3 Å². The Morgan fingerprint density at radius 3 is 3.11 bits per heavy atom. The van der Waals surface area contributed by atoms with Crippen LogP contribution in [0.5, 0.6) is 5.75 Å². The number of methoxy groups -OCH3 is 1. The van der Waals surface area contributed by atoms with E-state index in [0.717, 1.165) is 24.2 Å². The Balaban J connectivity index is 2.08. The lowest BCUT2D eigenvalue weighted by Crippen LogP contribution is -2.27. The van der Waals surface area contributed by atoms with Crippen molar-refractivity contribution in [3.05, 3.63) is 29.5 Å². The van der Waals surface area contributed by atoms with Crippen molar-refractivity contribution in [3.63, 3.8) is 0 Å². The Labute approximate surface area is 111 Å². The summed E-state index contributed by atoms with van der Waals surface area (Å²) in [5, 5.41) is 4.07. The number of nitrogens with one attached hydrogen (secondary N) is 1. The lowest BCUT2D eigenvalue weighted by Gasteiger charge is -2.24. The average Bonchev–Trinajstić information content (AvgIpc) is 2.83. The molecule has 0 fully saturated rings. The van der Waals surface area contributed by atoms with Crippen molar-refractivity contribution in [2.75, 3.05) is 13.7 Å². The fourth-order valence-electron chi connectivity index (χ4n) is 2.92. The smallest absolute Gasteiger partial charge is 0.216 e. The fraction of sp³-hybridized carbons (Fsp3) is 0.400. The molecule has 0 bridgehead atoms. The predicted octanol–water partition coefficient (Wildman–Crippen LogP) is 2.61. The van der Waals surface area contributed by atoms with Gasteiger partial charge in [0.05, 0.1) is 13.4 Å². The highest BCUT2D eigenvalue weighted by Crippen LogP contribution is 2.42. The topological polar surface area (TPSA) is 51.5 Å². The molecule has 0 saturated heterocycles. The minimum atomic E-state index is 0.00383. The molecular weight excluding hydrogens is 242 g/mol. The molecule has 3 rings (SSSR count). The van der Waals surface area contributed by atoms with Crippen LogP contribution < -0.4 is 10.1 Å². The summed E-state index contributed by atoms with van der Waals surface area (Å²) in [7, 11) is 1.68. The molecule has 0 radical (unpaired) electrons. The number of aryl methyl sites for hydroxylation is 1. The number of hydrogen-bond acceptors (Lipinski definition) is 3. The van der Waals surface area contributed by atoms with E-state index in [2.05, 4.69) is 5.32 Å². The molecule has 1 aliphatic carbocycles. The van der Waals surface area contributed by atoms with Gasteiger partial charge in [0.25, 0.3) is 0 Å². The zero-order valence-corrected chi connectivity index (χ0v) is 11.2. The van der Waals surface area contributed by atoms with Gasteiger partial charge in [-0.1, -0.05) is 0 Å². The minimum Gasteiger partial charge on any atom is -0.496 e. The summed E-state index contributed by atoms with van der Waals surface area (Å²) in [6.45, 7) is 2.19. The first-order valence-electron chi connectivity index (χ1n) is 6.52. The molecule has 100 valence electrons. The van der Waals surface area contributed by atoms with E-state index < -0.39 is 0 Å². The Kier molecular flexibility index (Phi) is 2.93. The van der Waals surface area contributed by atoms with Crippen molar-refractivity contribution in [2.24, 2.45) is 0 Å². The van der Waals surface area contributed by atoms with Gasteiger partial charge in [-0.15, -0.1) is 0 Å². The number of ether oxygens (including phenoxy) is 1. The van der Waals surface area contributed by atoms with E-state index in [9.17, 15) is 4.79 Å². The molecule has 19 heavy (non-hydrogen) atoms. The minimum absolute atomic E-state index is 0.00383. The van der Waals surface area contributed by atoms with Crippen LogP contribution in [0, 0.1) is 0 Å². The van der Waals surface area contributed by atoms with Gasteiger partial charge in [-0.05, 0) is 30.5 Å². The van der Waals surface area contributed by atoms with E-state index in [0.29, 0.717) is 6.54 Å². The van der Waals surface area contributed by atoms with Gasteiger partial charge in [-0.25, -0.2) is 0 Å². The van der Waals surface area contributed by atoms with Crippen molar-refractivity contribution in [3.8, 4) is 5.75 Å². The van der Waals surface area contributed by atoms with Crippen LogP contribution in [-0.2, 0) is 11.2 Å². The van der Waals surface area contributed by atoms with Crippen molar-refractivity contribution in [1.29, 1.82) is 0 Å². The van der Waals surface area contributed by atoms with Crippen LogP contribution in [0.4, 0.5) is 0 Å². The van der Waals surface area contributed by atoms with E-state index >= 15 is 0 Å². The van der Waals surface area contributed by atoms with E-state index in [1.54, 1.807) is 14.0 Å². The maximum Gasteiger partial charge on any atom is 0.216 e. The van der Waals surface area contributed by atoms with E-state index in [1.807, 2.05) is 18.4 Å². The van der Waals surface area contributed by atoms with Crippen molar-refractivity contribution >= 4 is 16.9 Å². The van der Waals surface area contributed by atoms with Crippen molar-refractivity contribution in [2.45, 2.75) is 25.7 Å². The lowest BCUT2D eigenvalue weighted by molar-refractivity contribution is -0.119. The summed E-state index contributed by atoms with van der Waals surface area (Å²) in [5.41, 5.74) is 3.31. The second kappa shape index (κ2) is 4.61. The maximum atomic E-state index is 11.1. The Morgan fingerprint density at radius 1 is 1.53 bits per heavy atom. The monoisotopic (exact) mass is 259 g/mol. The summed E-state index contributed by atoms with van der Waals surface area (Å²) in [4.78, 5) is 11.1. The third-order valence-electron chi connectivity index (χ3n) is 3.80. The largest absolute Gasteiger partial charge is 0.496 e. The molecule has 0 aliphatic heterocycles. The highest BCUT2D eigenvalue weighted by Gasteiger charge is 2.27. The predicted molar refractivity (Wildman–Crippen MR) is 72.5 cm³/mol. The highest BCUT2D eigenvalue weighted by atomic mass is 16.5. The first-order chi connectivity index (χ1) is 9.20. The van der Waals surface area contributed by atoms with E-state index in [-0.39, 0.29) is 11.8 Å². The Hall–Kier alpha value is -1.97. The number of benzene rings is 1. The molecule has 1 unspecified atom stereocenters. The average molecular weight is 259 g/mol. The van der Waals surface area contributed by atoms with Crippen LogP contribution in [0.25, 0.3) is 11.0 Å². The molecule has 1 amide bonds. The number of hydrogen-bond donors (Lipinski definition) is 1. The number of carbonyl (C=O) groups is 1. The second-order valence-corrected chi connectivity index (χ2v) is 4.99. The molecule has 2 aromatic rings. The zero-order chi connectivity index (χ0) is 13.4. The number of furan rings is 1. The number of rotatable bonds is 3. The first-order valence-corrected chi connectivity index (χ1v) is 6.52. The van der Waals surface area contributed by atoms with E-state index in [4.69, 9.17) is 9.15 Å². The third-order valence-corrected chi connectivity index (χ3v) is 3.80. The molecular formula is C15H17NO3. The molecule has 1 aromatic carbocycles. The first kappa shape index (κ1) is 12.1. The summed E-state index contributed by atoms with van der Waals surface area (Å²) >= 11 is 0. The summed E-state index contributed by atoms with van der Waals surface area (Å²) in [6, 6.07) is 3.89. The molecule has 1 heterocycles. The quantitative estimate of drug-likeness (QED) is 0.921. The van der Waals surface area contributed by atoms with Gasteiger partial charge >= 0.3 is 0 Å².